The summed E-state index contributed by atoms with van der Waals surface area (Å²) in [7, 11) is 0. The molecule has 1 aliphatic heterocycles. The highest BCUT2D eigenvalue weighted by Crippen LogP contribution is 2.67. The van der Waals surface area contributed by atoms with Crippen LogP contribution in [0.5, 0.6) is 0 Å². The molecule has 0 radical (unpaired) electrons. The van der Waals surface area contributed by atoms with Crippen molar-refractivity contribution in [3.8, 4) is 0 Å². The second-order valence-corrected chi connectivity index (χ2v) is 9.90. The van der Waals surface area contributed by atoms with E-state index in [9.17, 15) is 9.59 Å². The zero-order valence-electron chi connectivity index (χ0n) is 16.3. The molecule has 0 aromatic rings. The first-order chi connectivity index (χ1) is 12.5. The quantitative estimate of drug-likeness (QED) is 0.688. The predicted molar refractivity (Wildman–Crippen MR) is 99.6 cm³/mol. The van der Waals surface area contributed by atoms with Crippen LogP contribution in [-0.4, -0.2) is 23.3 Å². The molecular formula is C23H32O3. The van der Waals surface area contributed by atoms with E-state index in [4.69, 9.17) is 4.74 Å². The Bertz CT molecular complexity index is 679. The number of ether oxygens (including phenoxy) is 1. The molecule has 1 saturated heterocycles. The monoisotopic (exact) mass is 356 g/mol. The normalized spacial score (nSPS) is 50.4. The number of fused-ring (bicyclic) bond motifs is 6. The minimum atomic E-state index is -0.484. The van der Waals surface area contributed by atoms with Gasteiger partial charge in [0, 0.05) is 18.3 Å². The number of ketones is 2. The molecule has 4 aliphatic carbocycles. The standard InChI is InChI=1S/C23H32O3/c1-3-16-13-21(25)23(26-16)11-9-20-19-6-4-14-12-15(24)5-7-17(14)18(19)8-10-22(20,23)2/h12,16-20H,3-11,13H2,1-2H3/t16-,17-,18+,19+,20-,22-,23+/m0/s1. The third kappa shape index (κ3) is 2.10. The molecule has 1 spiro atoms. The minimum Gasteiger partial charge on any atom is -0.363 e. The fourth-order valence-electron chi connectivity index (χ4n) is 7.82. The van der Waals surface area contributed by atoms with Crippen molar-refractivity contribution in [1.29, 1.82) is 0 Å². The number of hydrogen-bond acceptors (Lipinski definition) is 3. The van der Waals surface area contributed by atoms with Gasteiger partial charge in [0.05, 0.1) is 6.10 Å². The fraction of sp³-hybridized carbons (Fsp3) is 0.826. The van der Waals surface area contributed by atoms with Gasteiger partial charge in [-0.1, -0.05) is 19.4 Å². The van der Waals surface area contributed by atoms with Gasteiger partial charge in [-0.15, -0.1) is 0 Å². The number of carbonyl (C=O) groups is 2. The van der Waals surface area contributed by atoms with Crippen LogP contribution in [0, 0.1) is 29.1 Å². The SMILES string of the molecule is CC[C@H]1CC(=O)[C@@]2(CC[C@H]3[C@@H]4CCC5=CC(=O)CC[C@@H]5[C@H]4CC[C@@]32C)O1. The molecular weight excluding hydrogens is 324 g/mol. The Morgan fingerprint density at radius 1 is 1.08 bits per heavy atom. The van der Waals surface area contributed by atoms with E-state index in [0.717, 1.165) is 56.8 Å². The highest BCUT2D eigenvalue weighted by molar-refractivity contribution is 5.92. The van der Waals surface area contributed by atoms with Gasteiger partial charge in [-0.25, -0.2) is 0 Å². The van der Waals surface area contributed by atoms with Gasteiger partial charge in [0.2, 0.25) is 0 Å². The Hall–Kier alpha value is -0.960. The van der Waals surface area contributed by atoms with Gasteiger partial charge in [0.15, 0.2) is 11.6 Å². The Morgan fingerprint density at radius 3 is 2.69 bits per heavy atom. The molecule has 5 aliphatic rings. The van der Waals surface area contributed by atoms with Crippen LogP contribution in [0.2, 0.25) is 0 Å². The molecule has 1 heterocycles. The highest BCUT2D eigenvalue weighted by atomic mass is 16.5. The van der Waals surface area contributed by atoms with Gasteiger partial charge in [0.25, 0.3) is 0 Å². The predicted octanol–water partition coefficient (Wildman–Crippen LogP) is 4.64. The van der Waals surface area contributed by atoms with Crippen LogP contribution in [0.4, 0.5) is 0 Å². The number of hydrogen-bond donors (Lipinski definition) is 0. The number of Topliss-reactive ketones (excluding diaryl/α,β-unsaturated/α-hetero) is 1. The van der Waals surface area contributed by atoms with Crippen LogP contribution in [-0.2, 0) is 14.3 Å². The largest absolute Gasteiger partial charge is 0.363 e. The van der Waals surface area contributed by atoms with Gasteiger partial charge in [-0.05, 0) is 81.1 Å². The maximum Gasteiger partial charge on any atom is 0.167 e. The second-order valence-electron chi connectivity index (χ2n) is 9.90. The first-order valence-electron chi connectivity index (χ1n) is 10.9. The van der Waals surface area contributed by atoms with Crippen LogP contribution >= 0.6 is 0 Å². The summed E-state index contributed by atoms with van der Waals surface area (Å²) in [6.07, 6.45) is 12.2. The molecule has 142 valence electrons. The first kappa shape index (κ1) is 17.2. The summed E-state index contributed by atoms with van der Waals surface area (Å²) in [4.78, 5) is 24.9. The lowest BCUT2D eigenvalue weighted by molar-refractivity contribution is -0.164. The third-order valence-electron chi connectivity index (χ3n) is 9.11. The van der Waals surface area contributed by atoms with E-state index < -0.39 is 5.60 Å². The zero-order valence-corrected chi connectivity index (χ0v) is 16.3. The third-order valence-corrected chi connectivity index (χ3v) is 9.11. The van der Waals surface area contributed by atoms with Gasteiger partial charge < -0.3 is 4.74 Å². The first-order valence-corrected chi connectivity index (χ1v) is 10.9. The summed E-state index contributed by atoms with van der Waals surface area (Å²) in [5.74, 6) is 3.45. The van der Waals surface area contributed by atoms with Crippen LogP contribution in [0.3, 0.4) is 0 Å². The lowest BCUT2D eigenvalue weighted by Crippen LogP contribution is -2.55. The maximum absolute atomic E-state index is 13.1. The molecule has 3 saturated carbocycles. The van der Waals surface area contributed by atoms with E-state index in [-0.39, 0.29) is 11.5 Å². The van der Waals surface area contributed by atoms with Crippen molar-refractivity contribution in [2.45, 2.75) is 89.8 Å². The maximum atomic E-state index is 13.1. The summed E-state index contributed by atoms with van der Waals surface area (Å²) in [5.41, 5.74) is 0.987. The van der Waals surface area contributed by atoms with Gasteiger partial charge in [-0.3, -0.25) is 9.59 Å². The van der Waals surface area contributed by atoms with E-state index in [0.29, 0.717) is 29.8 Å². The molecule has 0 N–H and O–H groups in total. The van der Waals surface area contributed by atoms with E-state index >= 15 is 0 Å². The van der Waals surface area contributed by atoms with Crippen LogP contribution in [0.25, 0.3) is 0 Å². The smallest absolute Gasteiger partial charge is 0.167 e. The number of carbonyl (C=O) groups excluding carboxylic acids is 2. The Balaban J connectivity index is 1.45. The van der Waals surface area contributed by atoms with Crippen molar-refractivity contribution in [2.24, 2.45) is 29.1 Å². The summed E-state index contributed by atoms with van der Waals surface area (Å²) in [6.45, 7) is 4.52. The number of rotatable bonds is 1. The molecule has 0 unspecified atom stereocenters. The van der Waals surface area contributed by atoms with Crippen molar-refractivity contribution in [3.63, 3.8) is 0 Å². The summed E-state index contributed by atoms with van der Waals surface area (Å²) >= 11 is 0. The zero-order chi connectivity index (χ0) is 18.1. The molecule has 3 heteroatoms. The number of allylic oxidation sites excluding steroid dienone is 1. The van der Waals surface area contributed by atoms with Crippen molar-refractivity contribution in [2.75, 3.05) is 0 Å². The molecule has 0 aromatic carbocycles. The average molecular weight is 357 g/mol. The van der Waals surface area contributed by atoms with Crippen molar-refractivity contribution >= 4 is 11.6 Å². The molecule has 4 fully saturated rings. The Kier molecular flexibility index (Phi) is 3.81. The fourth-order valence-corrected chi connectivity index (χ4v) is 7.82. The highest BCUT2D eigenvalue weighted by Gasteiger charge is 2.68. The van der Waals surface area contributed by atoms with Crippen molar-refractivity contribution < 1.29 is 14.3 Å². The Labute approximate surface area is 156 Å². The van der Waals surface area contributed by atoms with Gasteiger partial charge in [-0.2, -0.15) is 0 Å². The molecule has 5 rings (SSSR count). The van der Waals surface area contributed by atoms with Crippen molar-refractivity contribution in [3.05, 3.63) is 11.6 Å². The second kappa shape index (κ2) is 5.77. The van der Waals surface area contributed by atoms with Gasteiger partial charge >= 0.3 is 0 Å². The average Bonchev–Trinajstić information content (AvgIpc) is 3.13. The Morgan fingerprint density at radius 2 is 1.92 bits per heavy atom. The van der Waals surface area contributed by atoms with Crippen LogP contribution < -0.4 is 0 Å². The molecule has 3 nitrogen and oxygen atoms in total. The lowest BCUT2D eigenvalue weighted by Gasteiger charge is -2.55. The topological polar surface area (TPSA) is 43.4 Å². The summed E-state index contributed by atoms with van der Waals surface area (Å²) in [6, 6.07) is 0. The molecule has 0 bridgehead atoms. The summed E-state index contributed by atoms with van der Waals surface area (Å²) < 4.78 is 6.54. The van der Waals surface area contributed by atoms with Crippen LogP contribution in [0.15, 0.2) is 11.6 Å². The van der Waals surface area contributed by atoms with E-state index in [1.54, 1.807) is 0 Å². The van der Waals surface area contributed by atoms with Crippen molar-refractivity contribution in [1.82, 2.24) is 0 Å². The summed E-state index contributed by atoms with van der Waals surface area (Å²) in [5, 5.41) is 0. The van der Waals surface area contributed by atoms with Crippen LogP contribution in [0.1, 0.15) is 78.1 Å². The van der Waals surface area contributed by atoms with E-state index in [1.165, 1.54) is 18.4 Å². The molecule has 0 amide bonds. The minimum absolute atomic E-state index is 0.0286. The van der Waals surface area contributed by atoms with E-state index in [2.05, 4.69) is 13.8 Å². The van der Waals surface area contributed by atoms with E-state index in [1.807, 2.05) is 6.08 Å². The molecule has 7 atom stereocenters. The van der Waals surface area contributed by atoms with Gasteiger partial charge in [0.1, 0.15) is 5.60 Å². The lowest BCUT2D eigenvalue weighted by atomic mass is 9.50. The molecule has 26 heavy (non-hydrogen) atoms. The molecule has 0 aromatic heterocycles.